The van der Waals surface area contributed by atoms with E-state index in [0.29, 0.717) is 0 Å². The van der Waals surface area contributed by atoms with Crippen LogP contribution in [0.25, 0.3) is 11.3 Å². The van der Waals surface area contributed by atoms with E-state index in [4.69, 9.17) is 4.98 Å². The summed E-state index contributed by atoms with van der Waals surface area (Å²) in [6, 6.07) is 7.81. The molecule has 132 valence electrons. The third-order valence-electron chi connectivity index (χ3n) is 4.29. The Morgan fingerprint density at radius 1 is 0.885 bits per heavy atom. The smallest absolute Gasteiger partial charge is 0.225 e. The topological polar surface area (TPSA) is 70.9 Å². The quantitative estimate of drug-likeness (QED) is 0.515. The highest BCUT2D eigenvalue weighted by Crippen LogP contribution is 2.21. The molecule has 0 aromatic carbocycles. The predicted octanol–water partition coefficient (Wildman–Crippen LogP) is 2.38. The Balaban J connectivity index is 1.46. The highest BCUT2D eigenvalue weighted by atomic mass is 32.2. The van der Waals surface area contributed by atoms with E-state index in [1.165, 1.54) is 0 Å². The summed E-state index contributed by atoms with van der Waals surface area (Å²) >= 11 is 1.56. The molecule has 1 fully saturated rings. The number of thioether (sulfide) groups is 1. The first kappa shape index (κ1) is 16.7. The van der Waals surface area contributed by atoms with Gasteiger partial charge in [-0.15, -0.1) is 0 Å². The zero-order chi connectivity index (χ0) is 17.8. The van der Waals surface area contributed by atoms with Gasteiger partial charge in [0.25, 0.3) is 0 Å². The van der Waals surface area contributed by atoms with Crippen molar-refractivity contribution < 1.29 is 0 Å². The predicted molar refractivity (Wildman–Crippen MR) is 104 cm³/mol. The lowest BCUT2D eigenvalue weighted by Gasteiger charge is -2.35. The zero-order valence-electron chi connectivity index (χ0n) is 14.5. The minimum absolute atomic E-state index is 0.762. The van der Waals surface area contributed by atoms with Crippen molar-refractivity contribution in [2.45, 2.75) is 5.16 Å². The Hall–Kier alpha value is -2.74. The largest absolute Gasteiger partial charge is 0.353 e. The Morgan fingerprint density at radius 2 is 1.69 bits per heavy atom. The second kappa shape index (κ2) is 7.65. The standard InChI is InChI=1S/C18H19N7S/c1-26-18-21-8-5-16(23-18)24-9-11-25(12-10-24)17-20-7-4-15(22-17)14-3-2-6-19-13-14/h2-8,13H,9-12H2,1H3. The van der Waals surface area contributed by atoms with Gasteiger partial charge in [-0.05, 0) is 30.5 Å². The summed E-state index contributed by atoms with van der Waals surface area (Å²) in [7, 11) is 0. The fourth-order valence-electron chi connectivity index (χ4n) is 2.92. The number of hydrogen-bond acceptors (Lipinski definition) is 8. The number of anilines is 2. The summed E-state index contributed by atoms with van der Waals surface area (Å²) in [5.74, 6) is 1.74. The van der Waals surface area contributed by atoms with Crippen molar-refractivity contribution in [2.24, 2.45) is 0 Å². The van der Waals surface area contributed by atoms with E-state index in [2.05, 4.69) is 29.7 Å². The van der Waals surface area contributed by atoms with E-state index in [0.717, 1.165) is 54.4 Å². The monoisotopic (exact) mass is 365 g/mol. The molecular formula is C18H19N7S. The van der Waals surface area contributed by atoms with Gasteiger partial charge < -0.3 is 9.80 Å². The Bertz CT molecular complexity index is 866. The Labute approximate surface area is 156 Å². The van der Waals surface area contributed by atoms with Gasteiger partial charge >= 0.3 is 0 Å². The van der Waals surface area contributed by atoms with Crippen molar-refractivity contribution >= 4 is 23.5 Å². The van der Waals surface area contributed by atoms with Crippen molar-refractivity contribution in [1.82, 2.24) is 24.9 Å². The number of pyridine rings is 1. The minimum Gasteiger partial charge on any atom is -0.353 e. The van der Waals surface area contributed by atoms with Gasteiger partial charge in [-0.2, -0.15) is 0 Å². The van der Waals surface area contributed by atoms with E-state index in [1.807, 2.05) is 49.1 Å². The minimum atomic E-state index is 0.762. The van der Waals surface area contributed by atoms with Gasteiger partial charge in [0.05, 0.1) is 5.69 Å². The van der Waals surface area contributed by atoms with Crippen molar-refractivity contribution in [3.63, 3.8) is 0 Å². The van der Waals surface area contributed by atoms with Crippen LogP contribution in [0.5, 0.6) is 0 Å². The number of aromatic nitrogens is 5. The van der Waals surface area contributed by atoms with Crippen LogP contribution in [-0.2, 0) is 0 Å². The maximum atomic E-state index is 4.72. The van der Waals surface area contributed by atoms with Gasteiger partial charge in [0.15, 0.2) is 5.16 Å². The van der Waals surface area contributed by atoms with Crippen molar-refractivity contribution in [2.75, 3.05) is 42.2 Å². The maximum Gasteiger partial charge on any atom is 0.225 e. The molecule has 0 unspecified atom stereocenters. The van der Waals surface area contributed by atoms with Crippen LogP contribution >= 0.6 is 11.8 Å². The molecule has 0 aliphatic carbocycles. The SMILES string of the molecule is CSc1nccc(N2CCN(c3nccc(-c4cccnc4)n3)CC2)n1. The summed E-state index contributed by atoms with van der Waals surface area (Å²) < 4.78 is 0. The summed E-state index contributed by atoms with van der Waals surface area (Å²) in [5.41, 5.74) is 1.89. The Kier molecular flexibility index (Phi) is 4.92. The number of nitrogens with zero attached hydrogens (tertiary/aromatic N) is 7. The molecule has 0 atom stereocenters. The van der Waals surface area contributed by atoms with Crippen LogP contribution in [0.1, 0.15) is 0 Å². The van der Waals surface area contributed by atoms with Gasteiger partial charge in [-0.3, -0.25) is 4.98 Å². The van der Waals surface area contributed by atoms with E-state index in [9.17, 15) is 0 Å². The van der Waals surface area contributed by atoms with E-state index >= 15 is 0 Å². The van der Waals surface area contributed by atoms with E-state index in [1.54, 1.807) is 18.0 Å². The maximum absolute atomic E-state index is 4.72. The molecule has 8 heteroatoms. The lowest BCUT2D eigenvalue weighted by molar-refractivity contribution is 0.631. The summed E-state index contributed by atoms with van der Waals surface area (Å²) in [6.45, 7) is 3.47. The second-order valence-electron chi connectivity index (χ2n) is 5.86. The van der Waals surface area contributed by atoms with E-state index < -0.39 is 0 Å². The molecule has 0 bridgehead atoms. The first-order valence-corrected chi connectivity index (χ1v) is 9.66. The second-order valence-corrected chi connectivity index (χ2v) is 6.63. The van der Waals surface area contributed by atoms with Gasteiger partial charge in [-0.25, -0.2) is 19.9 Å². The molecule has 0 radical (unpaired) electrons. The molecule has 26 heavy (non-hydrogen) atoms. The lowest BCUT2D eigenvalue weighted by Crippen LogP contribution is -2.47. The molecule has 1 saturated heterocycles. The molecule has 0 N–H and O–H groups in total. The molecule has 4 heterocycles. The van der Waals surface area contributed by atoms with Crippen LogP contribution in [0.3, 0.4) is 0 Å². The number of piperazine rings is 1. The van der Waals surface area contributed by atoms with Crippen LogP contribution in [0.2, 0.25) is 0 Å². The Morgan fingerprint density at radius 3 is 2.46 bits per heavy atom. The summed E-state index contributed by atoms with van der Waals surface area (Å²) in [5, 5.41) is 0.803. The van der Waals surface area contributed by atoms with E-state index in [-0.39, 0.29) is 0 Å². The first-order valence-electron chi connectivity index (χ1n) is 8.44. The average Bonchev–Trinajstić information content (AvgIpc) is 2.75. The molecule has 1 aliphatic rings. The van der Waals surface area contributed by atoms with Gasteiger partial charge in [0, 0.05) is 56.5 Å². The highest BCUT2D eigenvalue weighted by molar-refractivity contribution is 7.98. The van der Waals surface area contributed by atoms with Gasteiger partial charge in [0.2, 0.25) is 5.95 Å². The summed E-state index contributed by atoms with van der Waals surface area (Å²) in [4.78, 5) is 26.7. The van der Waals surface area contributed by atoms with Crippen LogP contribution in [-0.4, -0.2) is 57.4 Å². The summed E-state index contributed by atoms with van der Waals surface area (Å²) in [6.07, 6.45) is 9.21. The van der Waals surface area contributed by atoms with Crippen molar-refractivity contribution in [1.29, 1.82) is 0 Å². The third kappa shape index (κ3) is 3.60. The molecular weight excluding hydrogens is 346 g/mol. The van der Waals surface area contributed by atoms with Crippen LogP contribution < -0.4 is 9.80 Å². The molecule has 0 saturated carbocycles. The zero-order valence-corrected chi connectivity index (χ0v) is 15.3. The fourth-order valence-corrected chi connectivity index (χ4v) is 3.27. The van der Waals surface area contributed by atoms with Crippen LogP contribution in [0.4, 0.5) is 11.8 Å². The van der Waals surface area contributed by atoms with Gasteiger partial charge in [-0.1, -0.05) is 11.8 Å². The molecule has 3 aromatic heterocycles. The van der Waals surface area contributed by atoms with Gasteiger partial charge in [0.1, 0.15) is 5.82 Å². The molecule has 0 spiro atoms. The highest BCUT2D eigenvalue weighted by Gasteiger charge is 2.20. The number of rotatable bonds is 4. The molecule has 4 rings (SSSR count). The first-order chi connectivity index (χ1) is 12.8. The normalized spacial score (nSPS) is 14.5. The van der Waals surface area contributed by atoms with Crippen LogP contribution in [0, 0.1) is 0 Å². The molecule has 1 aliphatic heterocycles. The van der Waals surface area contributed by atoms with Crippen LogP contribution in [0.15, 0.2) is 54.2 Å². The third-order valence-corrected chi connectivity index (χ3v) is 4.85. The molecule has 3 aromatic rings. The molecule has 0 amide bonds. The lowest BCUT2D eigenvalue weighted by atomic mass is 10.2. The van der Waals surface area contributed by atoms with Crippen molar-refractivity contribution in [3.8, 4) is 11.3 Å². The number of hydrogen-bond donors (Lipinski definition) is 0. The van der Waals surface area contributed by atoms with Crippen molar-refractivity contribution in [3.05, 3.63) is 49.1 Å². The fraction of sp³-hybridized carbons (Fsp3) is 0.278. The average molecular weight is 365 g/mol. The molecule has 7 nitrogen and oxygen atoms in total.